The van der Waals surface area contributed by atoms with Gasteiger partial charge in [-0.3, -0.25) is 14.6 Å². The Bertz CT molecular complexity index is 1390. The molecule has 1 saturated carbocycles. The van der Waals surface area contributed by atoms with Crippen molar-refractivity contribution in [3.8, 4) is 0 Å². The van der Waals surface area contributed by atoms with Gasteiger partial charge in [-0.25, -0.2) is 0 Å². The van der Waals surface area contributed by atoms with E-state index in [1.54, 1.807) is 6.07 Å². The Labute approximate surface area is 264 Å². The number of carbonyl (C=O) groups excluding carboxylic acids is 1. The number of piperazine rings is 1. The molecule has 6 nitrogen and oxygen atoms in total. The number of fused-ring (bicyclic) bond motifs is 8. The first-order valence-corrected chi connectivity index (χ1v) is 16.3. The minimum absolute atomic E-state index is 0.0286. The minimum Gasteiger partial charge on any atom is -0.395 e. The number of nitrogens with zero attached hydrogens (tertiary/aromatic N) is 2. The van der Waals surface area contributed by atoms with E-state index < -0.39 is 34.6 Å². The lowest BCUT2D eigenvalue weighted by atomic mass is 9.64. The van der Waals surface area contributed by atoms with Crippen LogP contribution in [0.3, 0.4) is 0 Å². The zero-order valence-corrected chi connectivity index (χ0v) is 26.5. The highest BCUT2D eigenvalue weighted by molar-refractivity contribution is 6.10. The van der Waals surface area contributed by atoms with Gasteiger partial charge in [-0.15, -0.1) is 0 Å². The molecule has 2 fully saturated rings. The predicted molar refractivity (Wildman–Crippen MR) is 168 cm³/mol. The van der Waals surface area contributed by atoms with Crippen molar-refractivity contribution in [3.05, 3.63) is 81.9 Å². The number of ketones is 1. The quantitative estimate of drug-likeness (QED) is 0.286. The average molecular weight is 629 g/mol. The molecule has 1 aliphatic heterocycles. The molecule has 1 saturated heterocycles. The van der Waals surface area contributed by atoms with Gasteiger partial charge >= 0.3 is 6.18 Å². The second-order valence-corrected chi connectivity index (χ2v) is 13.7. The van der Waals surface area contributed by atoms with E-state index in [9.17, 15) is 33.3 Å². The van der Waals surface area contributed by atoms with Gasteiger partial charge in [-0.2, -0.15) is 13.2 Å². The molecule has 1 heterocycles. The molecule has 6 rings (SSSR count). The van der Waals surface area contributed by atoms with Crippen LogP contribution < -0.4 is 0 Å². The van der Waals surface area contributed by atoms with Crippen molar-refractivity contribution in [1.82, 2.24) is 9.80 Å². The minimum atomic E-state index is -4.57. The first-order chi connectivity index (χ1) is 21.3. The SMILES string of the molecule is CC1=CCCC2(C)C(CCC2(O)CN2CCN(CCO)CC2)c2ccc(cc2C(=O)c2cccc(C(F)(F)F)c2)CC(O)CC1. The molecular weight excluding hydrogens is 581 g/mol. The third-order valence-corrected chi connectivity index (χ3v) is 10.7. The van der Waals surface area contributed by atoms with Crippen molar-refractivity contribution in [2.75, 3.05) is 45.9 Å². The summed E-state index contributed by atoms with van der Waals surface area (Å²) in [5, 5.41) is 32.7. The Kier molecular flexibility index (Phi) is 10.3. The molecule has 2 aromatic carbocycles. The van der Waals surface area contributed by atoms with Gasteiger partial charge in [0.05, 0.1) is 23.9 Å². The number of hydrogen-bond acceptors (Lipinski definition) is 6. The Morgan fingerprint density at radius 2 is 1.76 bits per heavy atom. The zero-order chi connectivity index (χ0) is 32.4. The number of rotatable bonds is 6. The highest BCUT2D eigenvalue weighted by Gasteiger charge is 2.57. The normalized spacial score (nSPS) is 28.8. The van der Waals surface area contributed by atoms with Gasteiger partial charge in [-0.1, -0.05) is 42.8 Å². The van der Waals surface area contributed by atoms with E-state index in [0.717, 1.165) is 62.3 Å². The molecule has 45 heavy (non-hydrogen) atoms. The third kappa shape index (κ3) is 7.38. The molecule has 246 valence electrons. The van der Waals surface area contributed by atoms with E-state index in [1.165, 1.54) is 17.7 Å². The maximum Gasteiger partial charge on any atom is 0.416 e. The van der Waals surface area contributed by atoms with Crippen LogP contribution in [-0.4, -0.2) is 88.5 Å². The maximum absolute atomic E-state index is 14.1. The second-order valence-electron chi connectivity index (χ2n) is 13.7. The predicted octanol–water partition coefficient (Wildman–Crippen LogP) is 5.58. The van der Waals surface area contributed by atoms with Crippen molar-refractivity contribution in [1.29, 1.82) is 0 Å². The topological polar surface area (TPSA) is 84.2 Å². The molecule has 0 radical (unpaired) electrons. The van der Waals surface area contributed by atoms with Crippen LogP contribution in [0.4, 0.5) is 13.2 Å². The molecule has 0 aromatic heterocycles. The zero-order valence-electron chi connectivity index (χ0n) is 26.5. The van der Waals surface area contributed by atoms with Gasteiger partial charge in [-0.05, 0) is 87.1 Å². The van der Waals surface area contributed by atoms with Crippen molar-refractivity contribution in [2.24, 2.45) is 5.41 Å². The van der Waals surface area contributed by atoms with Crippen LogP contribution in [0.25, 0.3) is 0 Å². The van der Waals surface area contributed by atoms with E-state index in [2.05, 4.69) is 29.7 Å². The Hall–Kier alpha value is -2.56. The number of allylic oxidation sites excluding steroid dienone is 2. The summed E-state index contributed by atoms with van der Waals surface area (Å²) in [6.07, 6.45) is 1.25. The van der Waals surface area contributed by atoms with Crippen LogP contribution >= 0.6 is 0 Å². The molecule has 0 spiro atoms. The molecule has 4 aliphatic rings. The average Bonchev–Trinajstić information content (AvgIpc) is 3.25. The van der Waals surface area contributed by atoms with Crippen molar-refractivity contribution >= 4 is 5.78 Å². The van der Waals surface area contributed by atoms with E-state index in [4.69, 9.17) is 0 Å². The highest BCUT2D eigenvalue weighted by Crippen LogP contribution is 2.59. The van der Waals surface area contributed by atoms with Gasteiger partial charge in [0.25, 0.3) is 0 Å². The number of aliphatic hydroxyl groups excluding tert-OH is 2. The van der Waals surface area contributed by atoms with Crippen LogP contribution in [0, 0.1) is 5.41 Å². The summed E-state index contributed by atoms with van der Waals surface area (Å²) in [5.41, 5.74) is 0.504. The maximum atomic E-state index is 14.1. The summed E-state index contributed by atoms with van der Waals surface area (Å²) < 4.78 is 40.8. The molecule has 9 heteroatoms. The summed E-state index contributed by atoms with van der Waals surface area (Å²) >= 11 is 0. The van der Waals surface area contributed by atoms with Crippen LogP contribution in [-0.2, 0) is 12.6 Å². The first kappa shape index (κ1) is 33.8. The Morgan fingerprint density at radius 1 is 1.02 bits per heavy atom. The number of hydrogen-bond donors (Lipinski definition) is 3. The van der Waals surface area contributed by atoms with Crippen LogP contribution in [0.1, 0.15) is 90.9 Å². The fraction of sp³-hybridized carbons (Fsp3) is 0.583. The number of halogens is 3. The second kappa shape index (κ2) is 13.7. The molecule has 3 aliphatic carbocycles. The van der Waals surface area contributed by atoms with E-state index in [1.807, 2.05) is 12.1 Å². The summed E-state index contributed by atoms with van der Waals surface area (Å²) in [4.78, 5) is 18.6. The van der Waals surface area contributed by atoms with Gasteiger partial charge in [0, 0.05) is 55.8 Å². The largest absolute Gasteiger partial charge is 0.416 e. The lowest BCUT2D eigenvalue weighted by Gasteiger charge is -2.47. The standard InChI is InChI=1S/C36H47F3N2O4/c1-25-5-4-13-34(2)32(12-14-35(34,45)24-41-17-15-40(16-18-41)19-20-42)30-11-9-26(21-29(43)10-8-25)22-31(30)33(44)27-6-3-7-28(23-27)36(37,38)39/h3,5-7,9,11,22-23,29,32,42-43,45H,4,8,10,12-21,24H2,1-2H3. The van der Waals surface area contributed by atoms with Crippen LogP contribution in [0.5, 0.6) is 0 Å². The van der Waals surface area contributed by atoms with Gasteiger partial charge < -0.3 is 15.3 Å². The lowest BCUT2D eigenvalue weighted by molar-refractivity contribution is -0.137. The van der Waals surface area contributed by atoms with Crippen molar-refractivity contribution < 1.29 is 33.3 Å². The monoisotopic (exact) mass is 628 g/mol. The first-order valence-electron chi connectivity index (χ1n) is 16.3. The number of benzene rings is 2. The molecule has 4 atom stereocenters. The van der Waals surface area contributed by atoms with Gasteiger partial charge in [0.1, 0.15) is 0 Å². The van der Waals surface area contributed by atoms with Crippen LogP contribution in [0.2, 0.25) is 0 Å². The van der Waals surface area contributed by atoms with Gasteiger partial charge in [0.2, 0.25) is 0 Å². The van der Waals surface area contributed by atoms with E-state index in [0.29, 0.717) is 50.8 Å². The summed E-state index contributed by atoms with van der Waals surface area (Å²) in [7, 11) is 0. The molecular formula is C36H47F3N2O4. The van der Waals surface area contributed by atoms with Crippen LogP contribution in [0.15, 0.2) is 54.1 Å². The third-order valence-electron chi connectivity index (χ3n) is 10.7. The van der Waals surface area contributed by atoms with E-state index >= 15 is 0 Å². The summed E-state index contributed by atoms with van der Waals surface area (Å²) in [6, 6.07) is 10.2. The number of carbonyl (C=O) groups is 1. The number of alkyl halides is 3. The smallest absolute Gasteiger partial charge is 0.395 e. The summed E-state index contributed by atoms with van der Waals surface area (Å²) in [6.45, 7) is 8.68. The lowest BCUT2D eigenvalue weighted by Crippen LogP contribution is -2.56. The molecule has 2 aromatic rings. The molecule has 4 unspecified atom stereocenters. The van der Waals surface area contributed by atoms with E-state index in [-0.39, 0.29) is 18.1 Å². The number of aliphatic hydroxyl groups is 3. The fourth-order valence-corrected chi connectivity index (χ4v) is 7.87. The Balaban J connectivity index is 1.55. The summed E-state index contributed by atoms with van der Waals surface area (Å²) in [5.74, 6) is -0.674. The van der Waals surface area contributed by atoms with Gasteiger partial charge in [0.15, 0.2) is 5.78 Å². The number of β-amino-alcohol motifs (C(OH)–C–C–N with tert-alkyl or cyclic N) is 2. The highest BCUT2D eigenvalue weighted by atomic mass is 19.4. The fourth-order valence-electron chi connectivity index (χ4n) is 7.87. The van der Waals surface area contributed by atoms with Crippen molar-refractivity contribution in [3.63, 3.8) is 0 Å². The van der Waals surface area contributed by atoms with Crippen molar-refractivity contribution in [2.45, 2.75) is 82.6 Å². The molecule has 0 amide bonds. The Morgan fingerprint density at radius 3 is 2.47 bits per heavy atom. The molecule has 3 N–H and O–H groups in total. The molecule has 2 bridgehead atoms.